The number of urea groups is 1. The predicted molar refractivity (Wildman–Crippen MR) is 87.9 cm³/mol. The molecule has 0 spiro atoms. The number of hydrogen-bond acceptors (Lipinski definition) is 3. The maximum Gasteiger partial charge on any atom is 0.325 e. The Balaban J connectivity index is 2.03. The number of hydrogen-bond donors (Lipinski definition) is 2. The van der Waals surface area contributed by atoms with Crippen molar-refractivity contribution in [2.45, 2.75) is 39.7 Å². The summed E-state index contributed by atoms with van der Waals surface area (Å²) < 4.78 is 0. The van der Waals surface area contributed by atoms with Gasteiger partial charge in [-0.3, -0.25) is 14.5 Å². The Morgan fingerprint density at radius 3 is 2.65 bits per heavy atom. The molecule has 1 aromatic rings. The fraction of sp³-hybridized carbons (Fsp3) is 0.471. The zero-order valence-electron chi connectivity index (χ0n) is 14.0. The smallest absolute Gasteiger partial charge is 0.325 e. The van der Waals surface area contributed by atoms with Crippen molar-refractivity contribution in [2.24, 2.45) is 5.92 Å². The number of aryl methyl sites for hydroxylation is 1. The molecule has 6 heteroatoms. The highest BCUT2D eigenvalue weighted by Gasteiger charge is 2.48. The zero-order valence-corrected chi connectivity index (χ0v) is 14.0. The first kappa shape index (κ1) is 17.0. The van der Waals surface area contributed by atoms with Gasteiger partial charge in [0.05, 0.1) is 0 Å². The molecule has 0 bridgehead atoms. The first-order valence-corrected chi connectivity index (χ1v) is 7.72. The van der Waals surface area contributed by atoms with Crippen LogP contribution in [0.1, 0.15) is 32.8 Å². The van der Waals surface area contributed by atoms with E-state index in [0.717, 1.165) is 10.5 Å². The maximum absolute atomic E-state index is 12.5. The van der Waals surface area contributed by atoms with Crippen LogP contribution in [0.25, 0.3) is 0 Å². The molecule has 1 aromatic carbocycles. The number of carbonyl (C=O) groups is 3. The lowest BCUT2D eigenvalue weighted by Crippen LogP contribution is -2.45. The fourth-order valence-corrected chi connectivity index (χ4v) is 2.91. The average molecular weight is 317 g/mol. The molecule has 1 atom stereocenters. The lowest BCUT2D eigenvalue weighted by atomic mass is 9.91. The summed E-state index contributed by atoms with van der Waals surface area (Å²) in [5.41, 5.74) is 0.726. The van der Waals surface area contributed by atoms with Crippen LogP contribution in [0, 0.1) is 12.8 Å². The second kappa shape index (κ2) is 6.40. The van der Waals surface area contributed by atoms with Crippen LogP contribution in [0.2, 0.25) is 0 Å². The van der Waals surface area contributed by atoms with Gasteiger partial charge in [-0.25, -0.2) is 4.79 Å². The lowest BCUT2D eigenvalue weighted by Gasteiger charge is -2.23. The van der Waals surface area contributed by atoms with Gasteiger partial charge in [0.2, 0.25) is 5.91 Å². The Kier molecular flexibility index (Phi) is 4.73. The largest absolute Gasteiger partial charge is 0.325 e. The third-order valence-corrected chi connectivity index (χ3v) is 3.77. The van der Waals surface area contributed by atoms with Crippen LogP contribution in [-0.4, -0.2) is 34.8 Å². The van der Waals surface area contributed by atoms with Crippen molar-refractivity contribution in [2.75, 3.05) is 11.9 Å². The van der Waals surface area contributed by atoms with Crippen LogP contribution in [0.4, 0.5) is 10.5 Å². The number of nitrogens with one attached hydrogen (secondary N) is 2. The van der Waals surface area contributed by atoms with Crippen molar-refractivity contribution in [1.29, 1.82) is 0 Å². The Morgan fingerprint density at radius 1 is 1.35 bits per heavy atom. The number of imide groups is 1. The van der Waals surface area contributed by atoms with Crippen molar-refractivity contribution in [3.8, 4) is 0 Å². The fourth-order valence-electron chi connectivity index (χ4n) is 2.91. The van der Waals surface area contributed by atoms with Gasteiger partial charge < -0.3 is 10.6 Å². The van der Waals surface area contributed by atoms with Gasteiger partial charge in [0.25, 0.3) is 5.91 Å². The zero-order chi connectivity index (χ0) is 17.2. The predicted octanol–water partition coefficient (Wildman–Crippen LogP) is 2.29. The summed E-state index contributed by atoms with van der Waals surface area (Å²) in [4.78, 5) is 37.6. The molecule has 1 saturated heterocycles. The van der Waals surface area contributed by atoms with Crippen molar-refractivity contribution in [1.82, 2.24) is 10.2 Å². The summed E-state index contributed by atoms with van der Waals surface area (Å²) in [5, 5.41) is 5.40. The molecule has 124 valence electrons. The maximum atomic E-state index is 12.5. The molecule has 2 rings (SSSR count). The van der Waals surface area contributed by atoms with Gasteiger partial charge in [-0.1, -0.05) is 26.0 Å². The Hall–Kier alpha value is -2.37. The number of benzene rings is 1. The second-order valence-electron chi connectivity index (χ2n) is 6.67. The molecule has 1 aliphatic heterocycles. The highest BCUT2D eigenvalue weighted by molar-refractivity contribution is 6.09. The van der Waals surface area contributed by atoms with Crippen LogP contribution < -0.4 is 10.6 Å². The van der Waals surface area contributed by atoms with Crippen LogP contribution >= 0.6 is 0 Å². The van der Waals surface area contributed by atoms with Crippen LogP contribution in [0.5, 0.6) is 0 Å². The summed E-state index contributed by atoms with van der Waals surface area (Å²) in [6.07, 6.45) is 0.535. The summed E-state index contributed by atoms with van der Waals surface area (Å²) in [6.45, 7) is 7.30. The quantitative estimate of drug-likeness (QED) is 0.818. The van der Waals surface area contributed by atoms with Gasteiger partial charge in [0.1, 0.15) is 12.1 Å². The van der Waals surface area contributed by atoms with Gasteiger partial charge in [0.15, 0.2) is 0 Å². The molecule has 1 unspecified atom stereocenters. The topological polar surface area (TPSA) is 78.5 Å². The molecule has 2 N–H and O–H groups in total. The number of nitrogens with zero attached hydrogens (tertiary/aromatic N) is 1. The molecule has 23 heavy (non-hydrogen) atoms. The molecule has 6 nitrogen and oxygen atoms in total. The second-order valence-corrected chi connectivity index (χ2v) is 6.67. The van der Waals surface area contributed by atoms with Gasteiger partial charge in [0, 0.05) is 5.69 Å². The SMILES string of the molecule is Cc1cccc(NC(=O)CN2C(=O)NC(C)(CC(C)C)C2=O)c1. The third-order valence-electron chi connectivity index (χ3n) is 3.77. The van der Waals surface area contributed by atoms with Gasteiger partial charge in [-0.2, -0.15) is 0 Å². The van der Waals surface area contributed by atoms with Crippen molar-refractivity contribution in [3.63, 3.8) is 0 Å². The lowest BCUT2D eigenvalue weighted by molar-refractivity contribution is -0.133. The normalized spacial score (nSPS) is 20.8. The van der Waals surface area contributed by atoms with Gasteiger partial charge >= 0.3 is 6.03 Å². The summed E-state index contributed by atoms with van der Waals surface area (Å²) >= 11 is 0. The highest BCUT2D eigenvalue weighted by Crippen LogP contribution is 2.24. The van der Waals surface area contributed by atoms with E-state index in [0.29, 0.717) is 12.1 Å². The third kappa shape index (κ3) is 3.88. The molecule has 1 heterocycles. The van der Waals surface area contributed by atoms with E-state index >= 15 is 0 Å². The minimum absolute atomic E-state index is 0.255. The number of anilines is 1. The number of carbonyl (C=O) groups excluding carboxylic acids is 3. The van der Waals surface area contributed by atoms with E-state index in [9.17, 15) is 14.4 Å². The van der Waals surface area contributed by atoms with Gasteiger partial charge in [-0.15, -0.1) is 0 Å². The Morgan fingerprint density at radius 2 is 2.04 bits per heavy atom. The van der Waals surface area contributed by atoms with E-state index in [1.54, 1.807) is 13.0 Å². The van der Waals surface area contributed by atoms with Crippen LogP contribution in [0.3, 0.4) is 0 Å². The minimum atomic E-state index is -0.936. The standard InChI is InChI=1S/C17H23N3O3/c1-11(2)9-17(4)15(22)20(16(23)19-17)10-14(21)18-13-7-5-6-12(3)8-13/h5-8,11H,9-10H2,1-4H3,(H,18,21)(H,19,23). The number of rotatable bonds is 5. The molecule has 1 aliphatic rings. The molecule has 0 saturated carbocycles. The summed E-state index contributed by atoms with van der Waals surface area (Å²) in [5.74, 6) is -0.492. The minimum Gasteiger partial charge on any atom is -0.325 e. The van der Waals surface area contributed by atoms with Gasteiger partial charge in [-0.05, 0) is 43.9 Å². The molecular weight excluding hydrogens is 294 g/mol. The molecule has 4 amide bonds. The van der Waals surface area contributed by atoms with E-state index in [1.165, 1.54) is 0 Å². The molecular formula is C17H23N3O3. The van der Waals surface area contributed by atoms with Crippen molar-refractivity contribution < 1.29 is 14.4 Å². The monoisotopic (exact) mass is 317 g/mol. The first-order chi connectivity index (χ1) is 10.7. The van der Waals surface area contributed by atoms with Crippen LogP contribution in [0.15, 0.2) is 24.3 Å². The first-order valence-electron chi connectivity index (χ1n) is 7.72. The van der Waals surface area contributed by atoms with E-state index in [4.69, 9.17) is 0 Å². The Bertz CT molecular complexity index is 642. The summed E-state index contributed by atoms with van der Waals surface area (Å²) in [6, 6.07) is 6.83. The van der Waals surface area contributed by atoms with Crippen molar-refractivity contribution in [3.05, 3.63) is 29.8 Å². The van der Waals surface area contributed by atoms with Crippen LogP contribution in [-0.2, 0) is 9.59 Å². The molecule has 1 fully saturated rings. The van der Waals surface area contributed by atoms with Crippen molar-refractivity contribution >= 4 is 23.5 Å². The number of amides is 4. The summed E-state index contributed by atoms with van der Waals surface area (Å²) in [7, 11) is 0. The van der Waals surface area contributed by atoms with E-state index in [2.05, 4.69) is 10.6 Å². The average Bonchev–Trinajstić information content (AvgIpc) is 2.61. The molecule has 0 aliphatic carbocycles. The Labute approximate surface area is 136 Å². The van der Waals surface area contributed by atoms with E-state index in [-0.39, 0.29) is 18.4 Å². The molecule has 0 aromatic heterocycles. The molecule has 0 radical (unpaired) electrons. The van der Waals surface area contributed by atoms with E-state index in [1.807, 2.05) is 39.0 Å². The highest BCUT2D eigenvalue weighted by atomic mass is 16.2. The van der Waals surface area contributed by atoms with E-state index < -0.39 is 17.5 Å².